The Kier molecular flexibility index (Phi) is 6.50. The van der Waals surface area contributed by atoms with Gasteiger partial charge in [-0.25, -0.2) is 0 Å². The first-order chi connectivity index (χ1) is 13.1. The number of hydrogen-bond acceptors (Lipinski definition) is 8. The maximum Gasteiger partial charge on any atom is 0.234 e. The van der Waals surface area contributed by atoms with Crippen molar-refractivity contribution in [1.29, 1.82) is 0 Å². The summed E-state index contributed by atoms with van der Waals surface area (Å²) in [6, 6.07) is 14.6. The van der Waals surface area contributed by atoms with E-state index in [1.165, 1.54) is 23.1 Å². The van der Waals surface area contributed by atoms with Crippen LogP contribution >= 0.6 is 23.1 Å². The van der Waals surface area contributed by atoms with E-state index in [0.29, 0.717) is 33.3 Å². The molecule has 3 aromatic rings. The molecule has 3 rings (SSSR count). The highest BCUT2D eigenvalue weighted by atomic mass is 32.2. The van der Waals surface area contributed by atoms with Crippen LogP contribution in [0.25, 0.3) is 0 Å². The fourth-order valence-electron chi connectivity index (χ4n) is 2.12. The Morgan fingerprint density at radius 3 is 2.30 bits per heavy atom. The van der Waals surface area contributed by atoms with Crippen LogP contribution in [0.2, 0.25) is 0 Å². The summed E-state index contributed by atoms with van der Waals surface area (Å²) in [6.07, 6.45) is 0. The standard InChI is InChI=1S/C18H18N4O3S2/c1-2-24-13-7-9-15(10-8-13)25-14-5-3-12(4-6-14)20-16(23)11-26-18-22-21-17(19)27-18/h3-10H,2,11H2,1H3,(H2,19,21)(H,20,23). The van der Waals surface area contributed by atoms with Crippen molar-refractivity contribution < 1.29 is 14.3 Å². The number of benzene rings is 2. The predicted molar refractivity (Wildman–Crippen MR) is 108 cm³/mol. The Morgan fingerprint density at radius 2 is 1.70 bits per heavy atom. The molecule has 0 unspecified atom stereocenters. The van der Waals surface area contributed by atoms with E-state index in [1.54, 1.807) is 24.3 Å². The topological polar surface area (TPSA) is 99.4 Å². The molecule has 9 heteroatoms. The lowest BCUT2D eigenvalue weighted by atomic mass is 10.3. The van der Waals surface area contributed by atoms with Gasteiger partial charge in [0.2, 0.25) is 11.0 Å². The zero-order valence-electron chi connectivity index (χ0n) is 14.5. The van der Waals surface area contributed by atoms with E-state index < -0.39 is 0 Å². The van der Waals surface area contributed by atoms with E-state index in [-0.39, 0.29) is 11.7 Å². The second-order valence-electron chi connectivity index (χ2n) is 5.27. The summed E-state index contributed by atoms with van der Waals surface area (Å²) in [5, 5.41) is 10.8. The molecular weight excluding hydrogens is 384 g/mol. The molecule has 2 aromatic carbocycles. The third kappa shape index (κ3) is 5.87. The lowest BCUT2D eigenvalue weighted by Crippen LogP contribution is -2.13. The molecule has 0 aliphatic rings. The van der Waals surface area contributed by atoms with E-state index >= 15 is 0 Å². The molecule has 140 valence electrons. The van der Waals surface area contributed by atoms with Gasteiger partial charge in [-0.2, -0.15) is 0 Å². The number of amides is 1. The minimum absolute atomic E-state index is 0.131. The number of thioether (sulfide) groups is 1. The molecule has 0 aliphatic heterocycles. The molecule has 1 aromatic heterocycles. The van der Waals surface area contributed by atoms with Crippen molar-refractivity contribution in [2.24, 2.45) is 0 Å². The van der Waals surface area contributed by atoms with Crippen molar-refractivity contribution in [2.75, 3.05) is 23.4 Å². The Balaban J connectivity index is 1.49. The van der Waals surface area contributed by atoms with Crippen molar-refractivity contribution in [3.8, 4) is 17.2 Å². The van der Waals surface area contributed by atoms with Crippen LogP contribution in [-0.4, -0.2) is 28.5 Å². The second-order valence-corrected chi connectivity index (χ2v) is 7.51. The molecule has 0 radical (unpaired) electrons. The molecular formula is C18H18N4O3S2. The van der Waals surface area contributed by atoms with Gasteiger partial charge in [-0.05, 0) is 55.5 Å². The number of carbonyl (C=O) groups excluding carboxylic acids is 1. The van der Waals surface area contributed by atoms with E-state index in [4.69, 9.17) is 15.2 Å². The van der Waals surface area contributed by atoms with Gasteiger partial charge in [-0.15, -0.1) is 10.2 Å². The normalized spacial score (nSPS) is 10.4. The van der Waals surface area contributed by atoms with Gasteiger partial charge in [-0.3, -0.25) is 4.79 Å². The number of nitrogen functional groups attached to an aromatic ring is 1. The van der Waals surface area contributed by atoms with Gasteiger partial charge in [0, 0.05) is 5.69 Å². The van der Waals surface area contributed by atoms with Gasteiger partial charge in [0.15, 0.2) is 4.34 Å². The van der Waals surface area contributed by atoms with Crippen molar-refractivity contribution in [3.05, 3.63) is 48.5 Å². The van der Waals surface area contributed by atoms with Crippen molar-refractivity contribution in [1.82, 2.24) is 10.2 Å². The lowest BCUT2D eigenvalue weighted by Gasteiger charge is -2.09. The van der Waals surface area contributed by atoms with Crippen molar-refractivity contribution >= 4 is 39.8 Å². The molecule has 3 N–H and O–H groups in total. The summed E-state index contributed by atoms with van der Waals surface area (Å²) in [5.74, 6) is 2.30. The molecule has 0 atom stereocenters. The Labute approximate surface area is 164 Å². The molecule has 7 nitrogen and oxygen atoms in total. The van der Waals surface area contributed by atoms with Gasteiger partial charge in [0.1, 0.15) is 17.2 Å². The number of carbonyl (C=O) groups is 1. The number of aromatic nitrogens is 2. The molecule has 0 bridgehead atoms. The van der Waals surface area contributed by atoms with Crippen molar-refractivity contribution in [3.63, 3.8) is 0 Å². The number of nitrogens with zero attached hydrogens (tertiary/aromatic N) is 2. The van der Waals surface area contributed by atoms with E-state index in [9.17, 15) is 4.79 Å². The fourth-order valence-corrected chi connectivity index (χ4v) is 3.55. The first-order valence-corrected chi connectivity index (χ1v) is 9.95. The van der Waals surface area contributed by atoms with Gasteiger partial charge in [0.05, 0.1) is 12.4 Å². The second kappa shape index (κ2) is 9.24. The lowest BCUT2D eigenvalue weighted by molar-refractivity contribution is -0.113. The summed E-state index contributed by atoms with van der Waals surface area (Å²) >= 11 is 2.55. The zero-order valence-corrected chi connectivity index (χ0v) is 16.2. The molecule has 0 saturated heterocycles. The van der Waals surface area contributed by atoms with Crippen LogP contribution in [0, 0.1) is 0 Å². The first kappa shape index (κ1) is 19.0. The molecule has 0 spiro atoms. The monoisotopic (exact) mass is 402 g/mol. The highest BCUT2D eigenvalue weighted by Gasteiger charge is 2.07. The highest BCUT2D eigenvalue weighted by Crippen LogP contribution is 2.26. The van der Waals surface area contributed by atoms with E-state index in [1.807, 2.05) is 31.2 Å². The molecule has 27 heavy (non-hydrogen) atoms. The quantitative estimate of drug-likeness (QED) is 0.549. The van der Waals surface area contributed by atoms with Gasteiger partial charge < -0.3 is 20.5 Å². The third-order valence-electron chi connectivity index (χ3n) is 3.26. The molecule has 0 saturated carbocycles. The average Bonchev–Trinajstić information content (AvgIpc) is 3.09. The maximum atomic E-state index is 12.0. The Morgan fingerprint density at radius 1 is 1.07 bits per heavy atom. The number of nitrogens with one attached hydrogen (secondary N) is 1. The fraction of sp³-hybridized carbons (Fsp3) is 0.167. The number of rotatable bonds is 8. The number of hydrogen-bond donors (Lipinski definition) is 2. The SMILES string of the molecule is CCOc1ccc(Oc2ccc(NC(=O)CSc3nnc(N)s3)cc2)cc1. The zero-order chi connectivity index (χ0) is 19.1. The number of anilines is 2. The minimum Gasteiger partial charge on any atom is -0.494 e. The summed E-state index contributed by atoms with van der Waals surface area (Å²) in [4.78, 5) is 12.0. The Hall–Kier alpha value is -2.78. The summed E-state index contributed by atoms with van der Waals surface area (Å²) in [7, 11) is 0. The summed E-state index contributed by atoms with van der Waals surface area (Å²) in [5.41, 5.74) is 6.20. The molecule has 0 aliphatic carbocycles. The predicted octanol–water partition coefficient (Wildman–Crippen LogP) is 4.04. The number of ether oxygens (including phenoxy) is 2. The largest absolute Gasteiger partial charge is 0.494 e. The summed E-state index contributed by atoms with van der Waals surface area (Å²) < 4.78 is 11.9. The first-order valence-electron chi connectivity index (χ1n) is 8.15. The average molecular weight is 403 g/mol. The molecule has 1 heterocycles. The Bertz CT molecular complexity index is 882. The van der Waals surface area contributed by atoms with Crippen LogP contribution in [-0.2, 0) is 4.79 Å². The van der Waals surface area contributed by atoms with E-state index in [0.717, 1.165) is 5.75 Å². The van der Waals surface area contributed by atoms with E-state index in [2.05, 4.69) is 15.5 Å². The van der Waals surface area contributed by atoms with Crippen LogP contribution in [0.4, 0.5) is 10.8 Å². The van der Waals surface area contributed by atoms with Gasteiger partial charge in [-0.1, -0.05) is 23.1 Å². The van der Waals surface area contributed by atoms with Gasteiger partial charge in [0.25, 0.3) is 0 Å². The van der Waals surface area contributed by atoms with Crippen molar-refractivity contribution in [2.45, 2.75) is 11.3 Å². The summed E-state index contributed by atoms with van der Waals surface area (Å²) in [6.45, 7) is 2.57. The number of nitrogens with two attached hydrogens (primary N) is 1. The third-order valence-corrected chi connectivity index (χ3v) is 5.14. The molecule has 1 amide bonds. The smallest absolute Gasteiger partial charge is 0.234 e. The van der Waals surface area contributed by atoms with Crippen LogP contribution in [0.3, 0.4) is 0 Å². The molecule has 0 fully saturated rings. The highest BCUT2D eigenvalue weighted by molar-refractivity contribution is 8.01. The van der Waals surface area contributed by atoms with Crippen LogP contribution < -0.4 is 20.5 Å². The van der Waals surface area contributed by atoms with Crippen LogP contribution in [0.15, 0.2) is 52.9 Å². The van der Waals surface area contributed by atoms with Crippen LogP contribution in [0.1, 0.15) is 6.92 Å². The van der Waals surface area contributed by atoms with Gasteiger partial charge >= 0.3 is 0 Å². The van der Waals surface area contributed by atoms with Crippen LogP contribution in [0.5, 0.6) is 17.2 Å². The minimum atomic E-state index is -0.131. The maximum absolute atomic E-state index is 12.0.